The topological polar surface area (TPSA) is 17.3 Å². The van der Waals surface area contributed by atoms with E-state index in [1.807, 2.05) is 29.0 Å². The molecule has 0 N–H and O–H groups in total. The summed E-state index contributed by atoms with van der Waals surface area (Å²) in [6.07, 6.45) is 3.82. The average Bonchev–Trinajstić information content (AvgIpc) is 2.67. The van der Waals surface area contributed by atoms with Crippen molar-refractivity contribution >= 4 is 5.52 Å². The molecule has 0 unspecified atom stereocenters. The maximum atomic E-state index is 8.00. The van der Waals surface area contributed by atoms with Crippen LogP contribution in [0, 0.1) is 6.92 Å². The first-order chi connectivity index (χ1) is 6.88. The molecule has 7 heteroatoms. The van der Waals surface area contributed by atoms with Crippen LogP contribution in [-0.4, -0.2) is 9.61 Å². The van der Waals surface area contributed by atoms with E-state index in [0.29, 0.717) is 0 Å². The minimum atomic E-state index is 0. The second-order valence-electron chi connectivity index (χ2n) is 2.36. The van der Waals surface area contributed by atoms with Crippen LogP contribution in [0.2, 0.25) is 0 Å². The number of pyridine rings is 1. The van der Waals surface area contributed by atoms with Crippen LogP contribution in [-0.2, 0) is 0 Å². The molecule has 0 aromatic carbocycles. The van der Waals surface area contributed by atoms with Gasteiger partial charge < -0.3 is 0 Å². The van der Waals surface area contributed by atoms with Crippen molar-refractivity contribution < 1.29 is 23.0 Å². The Bertz CT molecular complexity index is 363. The van der Waals surface area contributed by atoms with Crippen molar-refractivity contribution in [1.82, 2.24) is 9.61 Å². The second kappa shape index (κ2) is 8.92. The van der Waals surface area contributed by atoms with E-state index in [1.54, 1.807) is 0 Å². The predicted octanol–water partition coefficient (Wildman–Crippen LogP) is 3.48. The maximum Gasteiger partial charge on any atom is 0.0690 e. The zero-order valence-electron chi connectivity index (χ0n) is 7.70. The third-order valence-corrected chi connectivity index (χ3v) is 1.62. The van der Waals surface area contributed by atoms with Crippen LogP contribution in [0.25, 0.3) is 5.52 Å². The van der Waals surface area contributed by atoms with Gasteiger partial charge in [0, 0.05) is 24.5 Å². The molecule has 15 heavy (non-hydrogen) atoms. The lowest BCUT2D eigenvalue weighted by Gasteiger charge is -1.89. The normalized spacial score (nSPS) is 7.80. The van der Waals surface area contributed by atoms with E-state index < -0.39 is 0 Å². The van der Waals surface area contributed by atoms with Gasteiger partial charge in [-0.2, -0.15) is 5.10 Å². The van der Waals surface area contributed by atoms with Crippen LogP contribution in [0.5, 0.6) is 0 Å². The summed E-state index contributed by atoms with van der Waals surface area (Å²) >= 11 is 0. The SMILES string of the molecule is Cc1cnn2ccccc12.F.FF.FF. The fraction of sp³-hybridized carbons (Fsp3) is 0.125. The van der Waals surface area contributed by atoms with Gasteiger partial charge in [-0.1, -0.05) is 6.07 Å². The van der Waals surface area contributed by atoms with E-state index >= 15 is 0 Å². The van der Waals surface area contributed by atoms with Crippen molar-refractivity contribution in [1.29, 1.82) is 0 Å². The molecular weight excluding hydrogens is 219 g/mol. The molecule has 2 nitrogen and oxygen atoms in total. The third-order valence-electron chi connectivity index (χ3n) is 1.62. The Hall–Kier alpha value is -1.66. The van der Waals surface area contributed by atoms with Gasteiger partial charge in [0.25, 0.3) is 0 Å². The van der Waals surface area contributed by atoms with Crippen molar-refractivity contribution in [3.8, 4) is 0 Å². The molecule has 2 aromatic rings. The van der Waals surface area contributed by atoms with Crippen LogP contribution in [0.15, 0.2) is 30.6 Å². The standard InChI is InChI=1S/C8H8N2.2F2.FH/c1-7-6-9-10-5-3-2-4-8(7)10;2*1-2;/h2-6H,1H3;;;1H. The Labute approximate surface area is 82.2 Å². The van der Waals surface area contributed by atoms with Gasteiger partial charge in [0.2, 0.25) is 0 Å². The molecule has 0 amide bonds. The molecule has 0 aliphatic rings. The molecule has 0 saturated carbocycles. The van der Waals surface area contributed by atoms with Crippen molar-refractivity contribution in [3.63, 3.8) is 0 Å². The van der Waals surface area contributed by atoms with Gasteiger partial charge in [-0.25, -0.2) is 4.52 Å². The largest absolute Gasteiger partial charge is 0.269 e. The Kier molecular flexibility index (Phi) is 9.39. The van der Waals surface area contributed by atoms with Crippen LogP contribution in [0.4, 0.5) is 23.0 Å². The quantitative estimate of drug-likeness (QED) is 0.631. The second-order valence-corrected chi connectivity index (χ2v) is 2.36. The van der Waals surface area contributed by atoms with Gasteiger partial charge >= 0.3 is 0 Å². The number of hydrogen-bond donors (Lipinski definition) is 0. The first-order valence-electron chi connectivity index (χ1n) is 3.55. The van der Waals surface area contributed by atoms with E-state index in [1.165, 1.54) is 11.1 Å². The number of hydrogen-bond acceptors (Lipinski definition) is 1. The van der Waals surface area contributed by atoms with Gasteiger partial charge in [0.05, 0.1) is 11.7 Å². The molecule has 0 bridgehead atoms. The highest BCUT2D eigenvalue weighted by Crippen LogP contribution is 2.06. The third kappa shape index (κ3) is 3.92. The minimum Gasteiger partial charge on any atom is -0.269 e. The summed E-state index contributed by atoms with van der Waals surface area (Å²) in [5.74, 6) is 0. The van der Waals surface area contributed by atoms with Gasteiger partial charge in [0.15, 0.2) is 0 Å². The molecule has 0 radical (unpaired) electrons. The Morgan fingerprint density at radius 2 is 1.73 bits per heavy atom. The Morgan fingerprint density at radius 1 is 1.13 bits per heavy atom. The van der Waals surface area contributed by atoms with Gasteiger partial charge in [0.1, 0.15) is 0 Å². The average molecular weight is 228 g/mol. The molecule has 0 aliphatic heterocycles. The number of halogens is 5. The molecule has 2 heterocycles. The fourth-order valence-corrected chi connectivity index (χ4v) is 1.06. The lowest BCUT2D eigenvalue weighted by atomic mass is 10.3. The van der Waals surface area contributed by atoms with E-state index in [2.05, 4.69) is 18.1 Å². The summed E-state index contributed by atoms with van der Waals surface area (Å²) in [4.78, 5) is 0. The van der Waals surface area contributed by atoms with Crippen molar-refractivity contribution in [2.45, 2.75) is 6.92 Å². The first kappa shape index (κ1) is 15.8. The number of aryl methyl sites for hydroxylation is 1. The summed E-state index contributed by atoms with van der Waals surface area (Å²) < 4.78 is 33.9. The van der Waals surface area contributed by atoms with Gasteiger partial charge in [-0.3, -0.25) is 4.70 Å². The van der Waals surface area contributed by atoms with Crippen molar-refractivity contribution in [3.05, 3.63) is 36.2 Å². The zero-order valence-corrected chi connectivity index (χ0v) is 7.70. The lowest BCUT2D eigenvalue weighted by Crippen LogP contribution is -1.82. The van der Waals surface area contributed by atoms with E-state index in [9.17, 15) is 0 Å². The number of nitrogens with zero attached hydrogens (tertiary/aromatic N) is 2. The smallest absolute Gasteiger partial charge is 0.0690 e. The number of fused-ring (bicyclic) bond motifs is 1. The molecule has 0 aliphatic carbocycles. The van der Waals surface area contributed by atoms with Crippen LogP contribution >= 0.6 is 0 Å². The molecule has 2 aromatic heterocycles. The minimum absolute atomic E-state index is 0. The monoisotopic (exact) mass is 228 g/mol. The highest BCUT2D eigenvalue weighted by Gasteiger charge is 1.94. The maximum absolute atomic E-state index is 8.00. The van der Waals surface area contributed by atoms with E-state index in [-0.39, 0.29) is 4.70 Å². The molecule has 0 atom stereocenters. The highest BCUT2D eigenvalue weighted by molar-refractivity contribution is 5.52. The Balaban J connectivity index is 0. The molecule has 0 spiro atoms. The number of aromatic nitrogens is 2. The summed E-state index contributed by atoms with van der Waals surface area (Å²) in [6, 6.07) is 6.05. The van der Waals surface area contributed by atoms with E-state index in [4.69, 9.17) is 18.3 Å². The fourth-order valence-electron chi connectivity index (χ4n) is 1.06. The lowest BCUT2D eigenvalue weighted by molar-refractivity contribution is 0.108. The molecule has 86 valence electrons. The molecule has 0 saturated heterocycles. The van der Waals surface area contributed by atoms with Crippen LogP contribution in [0.3, 0.4) is 0 Å². The van der Waals surface area contributed by atoms with Gasteiger partial charge in [-0.15, -0.1) is 0 Å². The first-order valence-corrected chi connectivity index (χ1v) is 3.55. The van der Waals surface area contributed by atoms with Crippen LogP contribution < -0.4 is 0 Å². The summed E-state index contributed by atoms with van der Waals surface area (Å²) in [6.45, 7) is 2.06. The van der Waals surface area contributed by atoms with Crippen molar-refractivity contribution in [2.75, 3.05) is 0 Å². The number of rotatable bonds is 0. The Morgan fingerprint density at radius 3 is 2.27 bits per heavy atom. The highest BCUT2D eigenvalue weighted by atomic mass is 20.0. The molecular formula is C8H9F5N2. The molecule has 2 rings (SSSR count). The summed E-state index contributed by atoms with van der Waals surface area (Å²) in [5.41, 5.74) is 2.41. The van der Waals surface area contributed by atoms with Crippen molar-refractivity contribution in [2.24, 2.45) is 0 Å². The summed E-state index contributed by atoms with van der Waals surface area (Å²) in [7, 11) is 0. The zero-order chi connectivity index (χ0) is 11.0. The summed E-state index contributed by atoms with van der Waals surface area (Å²) in [5, 5.41) is 4.13. The predicted molar refractivity (Wildman–Crippen MR) is 46.9 cm³/mol. The van der Waals surface area contributed by atoms with Gasteiger partial charge in [-0.05, 0) is 24.6 Å². The molecule has 0 fully saturated rings. The van der Waals surface area contributed by atoms with Crippen LogP contribution in [0.1, 0.15) is 5.56 Å². The van der Waals surface area contributed by atoms with E-state index in [0.717, 1.165) is 0 Å².